The van der Waals surface area contributed by atoms with Gasteiger partial charge in [-0.05, 0) is 80.2 Å². The molecule has 202 valence electrons. The van der Waals surface area contributed by atoms with Gasteiger partial charge < -0.3 is 4.90 Å². The third-order valence-electron chi connectivity index (χ3n) is 8.59. The summed E-state index contributed by atoms with van der Waals surface area (Å²) in [6.45, 7) is 8.30. The first-order valence-electron chi connectivity index (χ1n) is 14.5. The molecule has 1 atom stereocenters. The number of likely N-dealkylation sites (N-methyl/N-ethyl adjacent to an activating group) is 1. The minimum absolute atomic E-state index is 0.198. The van der Waals surface area contributed by atoms with Gasteiger partial charge in [0.2, 0.25) is 0 Å². The van der Waals surface area contributed by atoms with Crippen molar-refractivity contribution in [1.29, 1.82) is 5.26 Å². The van der Waals surface area contributed by atoms with E-state index in [-0.39, 0.29) is 9.75 Å². The molecule has 0 spiro atoms. The summed E-state index contributed by atoms with van der Waals surface area (Å²) >= 11 is 14.7. The van der Waals surface area contributed by atoms with E-state index in [0.29, 0.717) is 6.04 Å². The molecule has 2 aliphatic rings. The maximum atomic E-state index is 7.33. The van der Waals surface area contributed by atoms with Crippen LogP contribution in [0.15, 0.2) is 48.5 Å². The quantitative estimate of drug-likeness (QED) is 0.265. The lowest BCUT2D eigenvalue weighted by atomic mass is 9.81. The Labute approximate surface area is 236 Å². The largest absolute Gasteiger partial charge is 0.300 e. The van der Waals surface area contributed by atoms with Crippen LogP contribution in [0.1, 0.15) is 107 Å². The van der Waals surface area contributed by atoms with Gasteiger partial charge in [-0.1, -0.05) is 88.1 Å². The Hall–Kier alpha value is -1.53. The Balaban J connectivity index is 0.00000121. The number of nitriles is 1. The molecule has 0 radical (unpaired) electrons. The molecule has 0 aromatic heterocycles. The first kappa shape index (κ1) is 30.0. The molecule has 2 aromatic carbocycles. The molecule has 2 aliphatic carbocycles. The minimum atomic E-state index is -0.198. The summed E-state index contributed by atoms with van der Waals surface area (Å²) in [5.41, 5.74) is 5.68. The van der Waals surface area contributed by atoms with Gasteiger partial charge in [0, 0.05) is 19.5 Å². The normalized spacial score (nSPS) is 18.7. The fourth-order valence-corrected chi connectivity index (χ4v) is 7.47. The average Bonchev–Trinajstić information content (AvgIpc) is 3.56. The topological polar surface area (TPSA) is 27.0 Å². The molecule has 0 N–H and O–H groups in total. The van der Waals surface area contributed by atoms with E-state index in [1.165, 1.54) is 67.7 Å². The Morgan fingerprint density at radius 2 is 1.35 bits per heavy atom. The van der Waals surface area contributed by atoms with Crippen LogP contribution < -0.4 is 0 Å². The van der Waals surface area contributed by atoms with E-state index in [4.69, 9.17) is 28.5 Å². The number of halogens is 2. The number of alkyl halides is 2. The summed E-state index contributed by atoms with van der Waals surface area (Å²) in [7, 11) is 0. The number of hydrogen-bond acceptors (Lipinski definition) is 2. The average molecular weight is 542 g/mol. The van der Waals surface area contributed by atoms with Crippen molar-refractivity contribution < 1.29 is 0 Å². The predicted molar refractivity (Wildman–Crippen MR) is 160 cm³/mol. The summed E-state index contributed by atoms with van der Waals surface area (Å²) in [4.78, 5) is 2.29. The monoisotopic (exact) mass is 540 g/mol. The minimum Gasteiger partial charge on any atom is -0.300 e. The van der Waals surface area contributed by atoms with E-state index in [2.05, 4.69) is 67.3 Å². The van der Waals surface area contributed by atoms with Gasteiger partial charge in [0.1, 0.15) is 0 Å². The van der Waals surface area contributed by atoms with Gasteiger partial charge in [-0.25, -0.2) is 0 Å². The first-order chi connectivity index (χ1) is 17.9. The molecule has 4 rings (SSSR count). The van der Waals surface area contributed by atoms with Crippen molar-refractivity contribution in [2.75, 3.05) is 13.1 Å². The summed E-state index contributed by atoms with van der Waals surface area (Å²) in [6, 6.07) is 20.1. The highest BCUT2D eigenvalue weighted by molar-refractivity contribution is 6.25. The highest BCUT2D eigenvalue weighted by Crippen LogP contribution is 2.51. The summed E-state index contributed by atoms with van der Waals surface area (Å²) in [5.74, 6) is 0. The van der Waals surface area contributed by atoms with Crippen molar-refractivity contribution in [3.63, 3.8) is 0 Å². The molecular weight excluding hydrogens is 495 g/mol. The number of rotatable bonds is 11. The van der Waals surface area contributed by atoms with Gasteiger partial charge in [-0.15, -0.1) is 23.2 Å². The van der Waals surface area contributed by atoms with Gasteiger partial charge in [0.05, 0.1) is 15.8 Å². The molecule has 2 fully saturated rings. The second-order valence-electron chi connectivity index (χ2n) is 10.9. The zero-order chi connectivity index (χ0) is 26.7. The second kappa shape index (κ2) is 14.6. The van der Waals surface area contributed by atoms with E-state index in [9.17, 15) is 0 Å². The lowest BCUT2D eigenvalue weighted by Gasteiger charge is -2.34. The predicted octanol–water partition coefficient (Wildman–Crippen LogP) is 9.51. The third-order valence-corrected chi connectivity index (χ3v) is 9.75. The van der Waals surface area contributed by atoms with Crippen LogP contribution in [-0.4, -0.2) is 24.0 Å². The molecule has 37 heavy (non-hydrogen) atoms. The van der Waals surface area contributed by atoms with Gasteiger partial charge >= 0.3 is 0 Å². The number of nitrogens with zero attached hydrogens (tertiary/aromatic N) is 2. The molecule has 0 heterocycles. The maximum absolute atomic E-state index is 7.33. The molecule has 2 saturated carbocycles. The summed E-state index contributed by atoms with van der Waals surface area (Å²) < 4.78 is 0. The van der Waals surface area contributed by atoms with Crippen LogP contribution in [0.5, 0.6) is 0 Å². The SMILES string of the molecule is CC#N.CCC(CCc1c(C2(Cl)CCCC2)cccc1C1(Cl)CCCC1)N(CC)CCc1ccccc1. The van der Waals surface area contributed by atoms with Crippen LogP contribution in [-0.2, 0) is 22.6 Å². The summed E-state index contributed by atoms with van der Waals surface area (Å²) in [6.07, 6.45) is 13.9. The van der Waals surface area contributed by atoms with Gasteiger partial charge in [-0.2, -0.15) is 5.26 Å². The van der Waals surface area contributed by atoms with E-state index in [1.54, 1.807) is 6.07 Å². The van der Waals surface area contributed by atoms with Crippen molar-refractivity contribution in [3.8, 4) is 6.07 Å². The first-order valence-corrected chi connectivity index (χ1v) is 15.3. The zero-order valence-corrected chi connectivity index (χ0v) is 24.8. The highest BCUT2D eigenvalue weighted by atomic mass is 35.5. The van der Waals surface area contributed by atoms with Crippen LogP contribution in [0.4, 0.5) is 0 Å². The van der Waals surface area contributed by atoms with Gasteiger partial charge in [0.15, 0.2) is 0 Å². The van der Waals surface area contributed by atoms with Crippen LogP contribution in [0.25, 0.3) is 0 Å². The van der Waals surface area contributed by atoms with Crippen LogP contribution in [0, 0.1) is 11.3 Å². The maximum Gasteiger partial charge on any atom is 0.0697 e. The Morgan fingerprint density at radius 3 is 1.81 bits per heavy atom. The molecule has 0 bridgehead atoms. The smallest absolute Gasteiger partial charge is 0.0697 e. The fourth-order valence-electron chi connectivity index (χ4n) is 6.58. The van der Waals surface area contributed by atoms with Crippen molar-refractivity contribution in [1.82, 2.24) is 4.90 Å². The van der Waals surface area contributed by atoms with Gasteiger partial charge in [0.25, 0.3) is 0 Å². The highest BCUT2D eigenvalue weighted by Gasteiger charge is 2.40. The molecule has 0 amide bonds. The van der Waals surface area contributed by atoms with E-state index in [1.807, 2.05) is 0 Å². The second-order valence-corrected chi connectivity index (χ2v) is 12.3. The van der Waals surface area contributed by atoms with E-state index < -0.39 is 0 Å². The number of benzene rings is 2. The van der Waals surface area contributed by atoms with Gasteiger partial charge in [-0.3, -0.25) is 0 Å². The zero-order valence-electron chi connectivity index (χ0n) is 23.2. The van der Waals surface area contributed by atoms with Crippen molar-refractivity contribution in [3.05, 3.63) is 70.8 Å². The van der Waals surface area contributed by atoms with E-state index >= 15 is 0 Å². The third kappa shape index (κ3) is 7.75. The standard InChI is InChI=1S/C31H43Cl2N.C2H3N/c1-3-26(34(4-2)24-19-25-13-6-5-7-14-25)17-18-27-28(30(32)20-8-9-21-30)15-12-16-29(27)31(33)22-10-11-23-31;1-2-3/h5-7,12-16,26H,3-4,8-11,17-24H2,1-2H3;1H3. The fraction of sp³-hybridized carbons (Fsp3) is 0.606. The Kier molecular flexibility index (Phi) is 11.8. The molecule has 4 heteroatoms. The molecule has 0 saturated heterocycles. The van der Waals surface area contributed by atoms with Crippen LogP contribution >= 0.6 is 23.2 Å². The molecule has 0 aliphatic heterocycles. The number of hydrogen-bond donors (Lipinski definition) is 0. The lowest BCUT2D eigenvalue weighted by molar-refractivity contribution is 0.192. The van der Waals surface area contributed by atoms with Crippen LogP contribution in [0.3, 0.4) is 0 Å². The van der Waals surface area contributed by atoms with Crippen molar-refractivity contribution in [2.45, 2.75) is 114 Å². The molecule has 2 nitrogen and oxygen atoms in total. The molecule has 2 aromatic rings. The Bertz CT molecular complexity index is 945. The Morgan fingerprint density at radius 1 is 0.838 bits per heavy atom. The van der Waals surface area contributed by atoms with Crippen molar-refractivity contribution in [2.24, 2.45) is 0 Å². The van der Waals surface area contributed by atoms with E-state index in [0.717, 1.165) is 51.6 Å². The summed E-state index contributed by atoms with van der Waals surface area (Å²) in [5, 5.41) is 7.32. The molecule has 1 unspecified atom stereocenters. The molecular formula is C33H46Cl2N2. The van der Waals surface area contributed by atoms with Crippen molar-refractivity contribution >= 4 is 23.2 Å². The lowest BCUT2D eigenvalue weighted by Crippen LogP contribution is -2.37. The van der Waals surface area contributed by atoms with Crippen LogP contribution in [0.2, 0.25) is 0 Å².